The first-order valence-electron chi connectivity index (χ1n) is 7.78. The van der Waals surface area contributed by atoms with Gasteiger partial charge in [-0.3, -0.25) is 9.97 Å². The summed E-state index contributed by atoms with van der Waals surface area (Å²) in [5, 5.41) is 0. The molecule has 0 aliphatic carbocycles. The molecular formula is C18H20N2O4. The summed E-state index contributed by atoms with van der Waals surface area (Å²) in [6, 6.07) is 5.29. The van der Waals surface area contributed by atoms with Gasteiger partial charge in [-0.25, -0.2) is 9.59 Å². The van der Waals surface area contributed by atoms with E-state index in [0.29, 0.717) is 22.6 Å². The lowest BCUT2D eigenvalue weighted by Gasteiger charge is -2.17. The minimum atomic E-state index is -0.534. The molecule has 0 unspecified atom stereocenters. The summed E-state index contributed by atoms with van der Waals surface area (Å²) in [6.07, 6.45) is 1.60. The van der Waals surface area contributed by atoms with E-state index in [2.05, 4.69) is 9.97 Å². The Balaban J connectivity index is 2.82. The van der Waals surface area contributed by atoms with Gasteiger partial charge in [-0.1, -0.05) is 6.07 Å². The van der Waals surface area contributed by atoms with Crippen molar-refractivity contribution in [1.82, 2.24) is 9.97 Å². The van der Waals surface area contributed by atoms with E-state index in [0.717, 1.165) is 0 Å². The number of carbonyl (C=O) groups is 2. The second-order valence-corrected chi connectivity index (χ2v) is 5.06. The minimum absolute atomic E-state index is 0.225. The molecule has 0 saturated carbocycles. The van der Waals surface area contributed by atoms with E-state index in [1.54, 1.807) is 52.1 Å². The minimum Gasteiger partial charge on any atom is -0.462 e. The van der Waals surface area contributed by atoms with E-state index < -0.39 is 11.9 Å². The first kappa shape index (κ1) is 17.6. The molecule has 2 rings (SSSR count). The van der Waals surface area contributed by atoms with Crippen LogP contribution in [0.3, 0.4) is 0 Å². The maximum atomic E-state index is 12.5. The van der Waals surface area contributed by atoms with Crippen molar-refractivity contribution in [3.05, 3.63) is 46.9 Å². The maximum absolute atomic E-state index is 12.5. The predicted octanol–water partition coefficient (Wildman–Crippen LogP) is 3.11. The largest absolute Gasteiger partial charge is 0.462 e. The summed E-state index contributed by atoms with van der Waals surface area (Å²) in [5.41, 5.74) is 2.35. The SMILES string of the molecule is CCOC(=O)c1c(C)nc(C)c(C(=O)OCC)c1-c1ccccn1. The molecular weight excluding hydrogens is 308 g/mol. The Morgan fingerprint density at radius 2 is 1.50 bits per heavy atom. The van der Waals surface area contributed by atoms with Crippen LogP contribution in [-0.2, 0) is 9.47 Å². The standard InChI is InChI=1S/C18H20N2O4/c1-5-23-17(21)14-11(3)20-12(4)15(18(22)24-6-2)16(14)13-9-7-8-10-19-13/h7-10H,5-6H2,1-4H3. The van der Waals surface area contributed by atoms with Crippen molar-refractivity contribution in [2.75, 3.05) is 13.2 Å². The Hall–Kier alpha value is -2.76. The molecule has 2 aromatic rings. The number of hydrogen-bond acceptors (Lipinski definition) is 6. The molecule has 126 valence electrons. The Bertz CT molecular complexity index is 715. The fraction of sp³-hybridized carbons (Fsp3) is 0.333. The quantitative estimate of drug-likeness (QED) is 0.785. The first-order valence-corrected chi connectivity index (χ1v) is 7.78. The number of nitrogens with zero attached hydrogens (tertiary/aromatic N) is 2. The molecule has 0 radical (unpaired) electrons. The lowest BCUT2D eigenvalue weighted by atomic mass is 9.95. The normalized spacial score (nSPS) is 10.3. The van der Waals surface area contributed by atoms with Crippen molar-refractivity contribution >= 4 is 11.9 Å². The summed E-state index contributed by atoms with van der Waals surface area (Å²) in [4.78, 5) is 33.6. The van der Waals surface area contributed by atoms with Crippen molar-refractivity contribution in [3.63, 3.8) is 0 Å². The zero-order valence-corrected chi connectivity index (χ0v) is 14.3. The molecule has 0 atom stereocenters. The zero-order chi connectivity index (χ0) is 17.7. The summed E-state index contributed by atoms with van der Waals surface area (Å²) in [7, 11) is 0. The lowest BCUT2D eigenvalue weighted by Crippen LogP contribution is -2.17. The molecule has 0 aliphatic heterocycles. The van der Waals surface area contributed by atoms with E-state index in [4.69, 9.17) is 9.47 Å². The molecule has 0 aliphatic rings. The van der Waals surface area contributed by atoms with E-state index in [9.17, 15) is 9.59 Å². The molecule has 6 heteroatoms. The van der Waals surface area contributed by atoms with Gasteiger partial charge in [0.2, 0.25) is 0 Å². The Morgan fingerprint density at radius 3 is 1.92 bits per heavy atom. The monoisotopic (exact) mass is 328 g/mol. The number of rotatable bonds is 5. The van der Waals surface area contributed by atoms with Crippen molar-refractivity contribution < 1.29 is 19.1 Å². The highest BCUT2D eigenvalue weighted by molar-refractivity contribution is 6.06. The van der Waals surface area contributed by atoms with Crippen LogP contribution < -0.4 is 0 Å². The molecule has 6 nitrogen and oxygen atoms in total. The molecule has 0 fully saturated rings. The summed E-state index contributed by atoms with van der Waals surface area (Å²) < 4.78 is 10.3. The molecule has 0 aromatic carbocycles. The van der Waals surface area contributed by atoms with E-state index in [-0.39, 0.29) is 24.3 Å². The molecule has 2 aromatic heterocycles. The van der Waals surface area contributed by atoms with Gasteiger partial charge in [0.05, 0.1) is 41.4 Å². The molecule has 0 amide bonds. The van der Waals surface area contributed by atoms with Gasteiger partial charge in [0, 0.05) is 11.8 Å². The van der Waals surface area contributed by atoms with Gasteiger partial charge < -0.3 is 9.47 Å². The average Bonchev–Trinajstić information content (AvgIpc) is 2.55. The number of hydrogen-bond donors (Lipinski definition) is 0. The Kier molecular flexibility index (Phi) is 5.63. The van der Waals surface area contributed by atoms with Gasteiger partial charge in [-0.05, 0) is 39.8 Å². The fourth-order valence-electron chi connectivity index (χ4n) is 2.52. The number of aryl methyl sites for hydroxylation is 2. The van der Waals surface area contributed by atoms with Crippen molar-refractivity contribution in [2.45, 2.75) is 27.7 Å². The van der Waals surface area contributed by atoms with E-state index >= 15 is 0 Å². The summed E-state index contributed by atoms with van der Waals surface area (Å²) in [5.74, 6) is -1.07. The smallest absolute Gasteiger partial charge is 0.340 e. The molecule has 2 heterocycles. The van der Waals surface area contributed by atoms with Gasteiger partial charge >= 0.3 is 11.9 Å². The summed E-state index contributed by atoms with van der Waals surface area (Å²) >= 11 is 0. The predicted molar refractivity (Wildman–Crippen MR) is 88.9 cm³/mol. The van der Waals surface area contributed by atoms with Crippen molar-refractivity contribution in [3.8, 4) is 11.3 Å². The lowest BCUT2D eigenvalue weighted by molar-refractivity contribution is 0.0525. The topological polar surface area (TPSA) is 78.4 Å². The van der Waals surface area contributed by atoms with Crippen LogP contribution in [0, 0.1) is 13.8 Å². The second-order valence-electron chi connectivity index (χ2n) is 5.06. The molecule has 0 saturated heterocycles. The van der Waals surface area contributed by atoms with Crippen molar-refractivity contribution in [2.24, 2.45) is 0 Å². The molecule has 0 bridgehead atoms. The number of esters is 2. The van der Waals surface area contributed by atoms with Crippen LogP contribution in [0.1, 0.15) is 46.0 Å². The fourth-order valence-corrected chi connectivity index (χ4v) is 2.52. The van der Waals surface area contributed by atoms with Crippen LogP contribution >= 0.6 is 0 Å². The van der Waals surface area contributed by atoms with Crippen LogP contribution in [0.25, 0.3) is 11.3 Å². The molecule has 0 N–H and O–H groups in total. The third-order valence-electron chi connectivity index (χ3n) is 3.44. The average molecular weight is 328 g/mol. The second kappa shape index (κ2) is 7.68. The molecule has 24 heavy (non-hydrogen) atoms. The number of pyridine rings is 2. The van der Waals surface area contributed by atoms with Crippen LogP contribution in [0.15, 0.2) is 24.4 Å². The van der Waals surface area contributed by atoms with Crippen molar-refractivity contribution in [1.29, 1.82) is 0 Å². The maximum Gasteiger partial charge on any atom is 0.340 e. The van der Waals surface area contributed by atoms with Crippen LogP contribution in [0.5, 0.6) is 0 Å². The number of ether oxygens (including phenoxy) is 2. The van der Waals surface area contributed by atoms with Gasteiger partial charge in [-0.15, -0.1) is 0 Å². The van der Waals surface area contributed by atoms with E-state index in [1.807, 2.05) is 0 Å². The number of aromatic nitrogens is 2. The highest BCUT2D eigenvalue weighted by Gasteiger charge is 2.28. The Morgan fingerprint density at radius 1 is 0.958 bits per heavy atom. The highest BCUT2D eigenvalue weighted by atomic mass is 16.5. The van der Waals surface area contributed by atoms with Gasteiger partial charge in [0.25, 0.3) is 0 Å². The third-order valence-corrected chi connectivity index (χ3v) is 3.44. The highest BCUT2D eigenvalue weighted by Crippen LogP contribution is 2.31. The molecule has 0 spiro atoms. The van der Waals surface area contributed by atoms with Gasteiger partial charge in [-0.2, -0.15) is 0 Å². The van der Waals surface area contributed by atoms with Crippen LogP contribution in [0.4, 0.5) is 0 Å². The third kappa shape index (κ3) is 3.42. The summed E-state index contributed by atoms with van der Waals surface area (Å²) in [6.45, 7) is 7.31. The number of carbonyl (C=O) groups excluding carboxylic acids is 2. The van der Waals surface area contributed by atoms with Gasteiger partial charge in [0.15, 0.2) is 0 Å². The first-order chi connectivity index (χ1) is 11.5. The van der Waals surface area contributed by atoms with Crippen LogP contribution in [-0.4, -0.2) is 35.1 Å². The zero-order valence-electron chi connectivity index (χ0n) is 14.3. The Labute approximate surface area is 140 Å². The van der Waals surface area contributed by atoms with Gasteiger partial charge in [0.1, 0.15) is 0 Å². The van der Waals surface area contributed by atoms with Crippen LogP contribution in [0.2, 0.25) is 0 Å². The van der Waals surface area contributed by atoms with E-state index in [1.165, 1.54) is 0 Å².